The van der Waals surface area contributed by atoms with Crippen molar-refractivity contribution in [1.82, 2.24) is 9.55 Å². The molecular formula is C11H18N2O2. The smallest absolute Gasteiger partial charge is 0.307 e. The third kappa shape index (κ3) is 3.08. The highest BCUT2D eigenvalue weighted by Crippen LogP contribution is 2.14. The minimum absolute atomic E-state index is 0.112. The van der Waals surface area contributed by atoms with Crippen molar-refractivity contribution in [2.75, 3.05) is 6.61 Å². The first-order valence-electron chi connectivity index (χ1n) is 5.36. The van der Waals surface area contributed by atoms with E-state index in [2.05, 4.69) is 11.9 Å². The second kappa shape index (κ2) is 5.53. The maximum atomic E-state index is 11.3. The first-order valence-corrected chi connectivity index (χ1v) is 5.36. The standard InChI is InChI=1S/C11H18N2O2/c1-4-10-12-6-7-13(10)9(3)8-11(14)15-5-2/h6-7,9H,4-5,8H2,1-3H3. The maximum Gasteiger partial charge on any atom is 0.307 e. The number of aromatic nitrogens is 2. The van der Waals surface area contributed by atoms with Gasteiger partial charge < -0.3 is 9.30 Å². The van der Waals surface area contributed by atoms with Crippen LogP contribution >= 0.6 is 0 Å². The molecule has 0 saturated heterocycles. The van der Waals surface area contributed by atoms with Gasteiger partial charge in [0.25, 0.3) is 0 Å². The fourth-order valence-electron chi connectivity index (χ4n) is 1.58. The Hall–Kier alpha value is -1.32. The second-order valence-electron chi connectivity index (χ2n) is 3.46. The van der Waals surface area contributed by atoms with Gasteiger partial charge in [0, 0.05) is 24.9 Å². The lowest BCUT2D eigenvalue weighted by Crippen LogP contribution is -2.14. The molecule has 0 aliphatic rings. The van der Waals surface area contributed by atoms with E-state index < -0.39 is 0 Å². The predicted octanol–water partition coefficient (Wildman–Crippen LogP) is 1.96. The zero-order chi connectivity index (χ0) is 11.3. The number of aryl methyl sites for hydroxylation is 1. The van der Waals surface area contributed by atoms with E-state index in [0.29, 0.717) is 13.0 Å². The van der Waals surface area contributed by atoms with E-state index in [1.807, 2.05) is 24.6 Å². The Morgan fingerprint density at radius 3 is 2.93 bits per heavy atom. The molecule has 1 unspecified atom stereocenters. The average molecular weight is 210 g/mol. The molecule has 1 rings (SSSR count). The van der Waals surface area contributed by atoms with E-state index in [1.54, 1.807) is 6.20 Å². The molecule has 4 nitrogen and oxygen atoms in total. The molecule has 1 heterocycles. The van der Waals surface area contributed by atoms with Gasteiger partial charge in [-0.05, 0) is 13.8 Å². The van der Waals surface area contributed by atoms with Crippen LogP contribution in [0, 0.1) is 0 Å². The van der Waals surface area contributed by atoms with Crippen molar-refractivity contribution >= 4 is 5.97 Å². The summed E-state index contributed by atoms with van der Waals surface area (Å²) in [5.74, 6) is 0.854. The summed E-state index contributed by atoms with van der Waals surface area (Å²) in [5.41, 5.74) is 0. The molecule has 15 heavy (non-hydrogen) atoms. The van der Waals surface area contributed by atoms with Crippen LogP contribution in [0.15, 0.2) is 12.4 Å². The number of ether oxygens (including phenoxy) is 1. The van der Waals surface area contributed by atoms with Crippen LogP contribution in [-0.2, 0) is 16.0 Å². The van der Waals surface area contributed by atoms with Crippen LogP contribution in [0.1, 0.15) is 39.1 Å². The lowest BCUT2D eigenvalue weighted by atomic mass is 10.2. The van der Waals surface area contributed by atoms with Crippen LogP contribution in [-0.4, -0.2) is 22.1 Å². The molecule has 0 amide bonds. The van der Waals surface area contributed by atoms with E-state index in [1.165, 1.54) is 0 Å². The van der Waals surface area contributed by atoms with Crippen molar-refractivity contribution in [2.24, 2.45) is 0 Å². The zero-order valence-corrected chi connectivity index (χ0v) is 9.56. The van der Waals surface area contributed by atoms with Crippen molar-refractivity contribution in [1.29, 1.82) is 0 Å². The Morgan fingerprint density at radius 2 is 2.33 bits per heavy atom. The average Bonchev–Trinajstić information content (AvgIpc) is 2.65. The summed E-state index contributed by atoms with van der Waals surface area (Å²) in [6.45, 7) is 6.31. The fraction of sp³-hybridized carbons (Fsp3) is 0.636. The van der Waals surface area contributed by atoms with Crippen molar-refractivity contribution in [2.45, 2.75) is 39.7 Å². The summed E-state index contributed by atoms with van der Waals surface area (Å²) in [6, 6.07) is 0.112. The Morgan fingerprint density at radius 1 is 1.60 bits per heavy atom. The van der Waals surface area contributed by atoms with E-state index in [-0.39, 0.29) is 12.0 Å². The Balaban J connectivity index is 2.60. The van der Waals surface area contributed by atoms with Gasteiger partial charge in [-0.1, -0.05) is 6.92 Å². The first kappa shape index (κ1) is 11.8. The van der Waals surface area contributed by atoms with E-state index in [0.717, 1.165) is 12.2 Å². The molecule has 0 aliphatic carbocycles. The van der Waals surface area contributed by atoms with Gasteiger partial charge in [0.1, 0.15) is 5.82 Å². The summed E-state index contributed by atoms with van der Waals surface area (Å²) in [7, 11) is 0. The molecule has 0 spiro atoms. The number of rotatable bonds is 5. The zero-order valence-electron chi connectivity index (χ0n) is 9.56. The molecule has 4 heteroatoms. The van der Waals surface area contributed by atoms with Crippen LogP contribution in [0.2, 0.25) is 0 Å². The number of hydrogen-bond donors (Lipinski definition) is 0. The van der Waals surface area contributed by atoms with Crippen molar-refractivity contribution in [3.05, 3.63) is 18.2 Å². The van der Waals surface area contributed by atoms with Crippen LogP contribution in [0.4, 0.5) is 0 Å². The number of imidazole rings is 1. The van der Waals surface area contributed by atoms with Gasteiger partial charge >= 0.3 is 5.97 Å². The van der Waals surface area contributed by atoms with Crippen LogP contribution in [0.5, 0.6) is 0 Å². The summed E-state index contributed by atoms with van der Waals surface area (Å²) in [6.07, 6.45) is 4.95. The number of carbonyl (C=O) groups is 1. The van der Waals surface area contributed by atoms with Gasteiger partial charge in [-0.3, -0.25) is 4.79 Å². The largest absolute Gasteiger partial charge is 0.466 e. The Kier molecular flexibility index (Phi) is 4.34. The number of hydrogen-bond acceptors (Lipinski definition) is 3. The number of esters is 1. The fourth-order valence-corrected chi connectivity index (χ4v) is 1.58. The maximum absolute atomic E-state index is 11.3. The minimum atomic E-state index is -0.152. The third-order valence-electron chi connectivity index (χ3n) is 2.31. The summed E-state index contributed by atoms with van der Waals surface area (Å²) in [4.78, 5) is 15.5. The predicted molar refractivity (Wildman–Crippen MR) is 57.6 cm³/mol. The van der Waals surface area contributed by atoms with E-state index in [9.17, 15) is 4.79 Å². The van der Waals surface area contributed by atoms with Gasteiger partial charge in [0.2, 0.25) is 0 Å². The second-order valence-corrected chi connectivity index (χ2v) is 3.46. The molecule has 0 N–H and O–H groups in total. The molecule has 1 aromatic rings. The highest BCUT2D eigenvalue weighted by Gasteiger charge is 2.13. The third-order valence-corrected chi connectivity index (χ3v) is 2.31. The molecule has 84 valence electrons. The number of nitrogens with zero attached hydrogens (tertiary/aromatic N) is 2. The molecule has 1 atom stereocenters. The van der Waals surface area contributed by atoms with Gasteiger partial charge in [-0.15, -0.1) is 0 Å². The SMILES string of the molecule is CCOC(=O)CC(C)n1ccnc1CC. The highest BCUT2D eigenvalue weighted by atomic mass is 16.5. The molecule has 0 radical (unpaired) electrons. The van der Waals surface area contributed by atoms with Crippen LogP contribution in [0.25, 0.3) is 0 Å². The van der Waals surface area contributed by atoms with Crippen LogP contribution in [0.3, 0.4) is 0 Å². The van der Waals surface area contributed by atoms with Gasteiger partial charge in [-0.2, -0.15) is 0 Å². The normalized spacial score (nSPS) is 12.5. The minimum Gasteiger partial charge on any atom is -0.466 e. The molecule has 1 aromatic heterocycles. The Bertz CT molecular complexity index is 320. The van der Waals surface area contributed by atoms with E-state index in [4.69, 9.17) is 4.74 Å². The number of carbonyl (C=O) groups excluding carboxylic acids is 1. The summed E-state index contributed by atoms with van der Waals surface area (Å²) >= 11 is 0. The van der Waals surface area contributed by atoms with Crippen molar-refractivity contribution in [3.8, 4) is 0 Å². The molecule has 0 bridgehead atoms. The van der Waals surface area contributed by atoms with Crippen molar-refractivity contribution < 1.29 is 9.53 Å². The summed E-state index contributed by atoms with van der Waals surface area (Å²) in [5, 5.41) is 0. The van der Waals surface area contributed by atoms with Crippen molar-refractivity contribution in [3.63, 3.8) is 0 Å². The van der Waals surface area contributed by atoms with E-state index >= 15 is 0 Å². The highest BCUT2D eigenvalue weighted by molar-refractivity contribution is 5.69. The molecule has 0 aromatic carbocycles. The summed E-state index contributed by atoms with van der Waals surface area (Å²) < 4.78 is 6.94. The van der Waals surface area contributed by atoms with Gasteiger partial charge in [-0.25, -0.2) is 4.98 Å². The lowest BCUT2D eigenvalue weighted by Gasteiger charge is -2.14. The molecule has 0 saturated carbocycles. The lowest BCUT2D eigenvalue weighted by molar-refractivity contribution is -0.143. The Labute approximate surface area is 90.3 Å². The van der Waals surface area contributed by atoms with Crippen LogP contribution < -0.4 is 0 Å². The topological polar surface area (TPSA) is 44.1 Å². The molecule has 0 aliphatic heterocycles. The van der Waals surface area contributed by atoms with Gasteiger partial charge in [0.15, 0.2) is 0 Å². The molecular weight excluding hydrogens is 192 g/mol. The molecule has 0 fully saturated rings. The monoisotopic (exact) mass is 210 g/mol. The van der Waals surface area contributed by atoms with Gasteiger partial charge in [0.05, 0.1) is 13.0 Å². The quantitative estimate of drug-likeness (QED) is 0.698. The first-order chi connectivity index (χ1) is 7.19.